The predicted molar refractivity (Wildman–Crippen MR) is 110 cm³/mol. The number of nitrogens with zero attached hydrogens (tertiary/aromatic N) is 1. The lowest BCUT2D eigenvalue weighted by Gasteiger charge is -2.15. The van der Waals surface area contributed by atoms with Crippen molar-refractivity contribution >= 4 is 5.97 Å². The molecule has 0 aliphatic heterocycles. The van der Waals surface area contributed by atoms with E-state index in [1.807, 2.05) is 13.8 Å². The van der Waals surface area contributed by atoms with Crippen LogP contribution in [0, 0.1) is 0 Å². The zero-order valence-corrected chi connectivity index (χ0v) is 18.3. The van der Waals surface area contributed by atoms with E-state index in [2.05, 4.69) is 9.72 Å². The Morgan fingerprint density at radius 3 is 2.30 bits per heavy atom. The molecule has 2 aromatic heterocycles. The summed E-state index contributed by atoms with van der Waals surface area (Å²) in [5, 5.41) is 7.00. The number of methoxy groups -OCH3 is 4. The van der Waals surface area contributed by atoms with Crippen molar-refractivity contribution in [2.75, 3.05) is 48.8 Å². The monoisotopic (exact) mass is 427 g/mol. The molecule has 0 atom stereocenters. The number of hydrogen-bond donors (Lipinski definition) is 1. The van der Waals surface area contributed by atoms with Gasteiger partial charge in [0, 0.05) is 32.0 Å². The topological polar surface area (TPSA) is 127 Å². The Morgan fingerprint density at radius 2 is 1.77 bits per heavy atom. The maximum atomic E-state index is 12.4. The average molecular weight is 427 g/mol. The molecule has 2 rings (SSSR count). The van der Waals surface area contributed by atoms with E-state index in [4.69, 9.17) is 28.5 Å². The molecule has 0 amide bonds. The Labute approximate surface area is 175 Å². The largest absolute Gasteiger partial charge is 0.496 e. The van der Waals surface area contributed by atoms with Crippen LogP contribution in [0.15, 0.2) is 27.5 Å². The van der Waals surface area contributed by atoms with E-state index in [0.717, 1.165) is 7.11 Å². The van der Waals surface area contributed by atoms with Gasteiger partial charge in [-0.25, -0.2) is 14.6 Å². The summed E-state index contributed by atoms with van der Waals surface area (Å²) in [5.74, 6) is -0.676. The van der Waals surface area contributed by atoms with E-state index < -0.39 is 11.6 Å². The van der Waals surface area contributed by atoms with Gasteiger partial charge in [-0.2, -0.15) is 0 Å². The Balaban J connectivity index is 0.00000198. The molecule has 0 unspecified atom stereocenters. The molecule has 0 aromatic carbocycles. The van der Waals surface area contributed by atoms with Crippen molar-refractivity contribution in [3.05, 3.63) is 34.5 Å². The maximum Gasteiger partial charge on any atom is 0.379 e. The van der Waals surface area contributed by atoms with E-state index in [1.54, 1.807) is 6.07 Å². The normalized spacial score (nSPS) is 9.33. The van der Waals surface area contributed by atoms with E-state index >= 15 is 0 Å². The van der Waals surface area contributed by atoms with Crippen LogP contribution in [0.4, 0.5) is 0 Å². The molecule has 0 spiro atoms. The van der Waals surface area contributed by atoms with Crippen molar-refractivity contribution in [3.63, 3.8) is 0 Å². The number of rotatable bonds is 8. The van der Waals surface area contributed by atoms with Gasteiger partial charge in [-0.05, 0) is 6.07 Å². The first-order chi connectivity index (χ1) is 14.6. The number of aromatic nitrogens is 1. The summed E-state index contributed by atoms with van der Waals surface area (Å²) in [7, 11) is 6.55. The first-order valence-corrected chi connectivity index (χ1v) is 8.97. The van der Waals surface area contributed by atoms with Crippen molar-refractivity contribution < 1.29 is 38.0 Å². The molecule has 0 fully saturated rings. The Kier molecular flexibility index (Phi) is 13.3. The molecule has 0 bridgehead atoms. The second kappa shape index (κ2) is 14.8. The van der Waals surface area contributed by atoms with Crippen LogP contribution in [0.2, 0.25) is 0 Å². The number of pyridine rings is 1. The molecule has 10 heteroatoms. The molecule has 2 heterocycles. The molecule has 30 heavy (non-hydrogen) atoms. The van der Waals surface area contributed by atoms with E-state index in [-0.39, 0.29) is 36.2 Å². The van der Waals surface area contributed by atoms with Gasteiger partial charge in [-0.3, -0.25) is 0 Å². The molecule has 0 saturated heterocycles. The van der Waals surface area contributed by atoms with E-state index in [1.165, 1.54) is 40.7 Å². The van der Waals surface area contributed by atoms with Crippen molar-refractivity contribution in [3.8, 4) is 28.5 Å². The number of aliphatic hydroxyl groups excluding tert-OH is 1. The number of carbonyl (C=O) groups excluding carboxylic acids is 1. The zero-order valence-electron chi connectivity index (χ0n) is 18.3. The molecular formula is C20H29NO9. The molecule has 0 aliphatic carbocycles. The molecule has 10 nitrogen and oxygen atoms in total. The second-order valence-corrected chi connectivity index (χ2v) is 4.87. The molecule has 168 valence electrons. The van der Waals surface area contributed by atoms with Gasteiger partial charge in [0.2, 0.25) is 17.4 Å². The van der Waals surface area contributed by atoms with Crippen LogP contribution >= 0.6 is 0 Å². The van der Waals surface area contributed by atoms with Crippen molar-refractivity contribution in [2.45, 2.75) is 13.8 Å². The van der Waals surface area contributed by atoms with Crippen LogP contribution in [0.25, 0.3) is 11.1 Å². The van der Waals surface area contributed by atoms with Crippen LogP contribution in [0.1, 0.15) is 24.4 Å². The van der Waals surface area contributed by atoms with Gasteiger partial charge in [-0.1, -0.05) is 13.8 Å². The average Bonchev–Trinajstić information content (AvgIpc) is 2.81. The third-order valence-electron chi connectivity index (χ3n) is 3.39. The smallest absolute Gasteiger partial charge is 0.379 e. The second-order valence-electron chi connectivity index (χ2n) is 4.87. The number of hydrogen-bond acceptors (Lipinski definition) is 10. The minimum absolute atomic E-state index is 0.0940. The summed E-state index contributed by atoms with van der Waals surface area (Å²) in [5.41, 5.74) is -0.297. The summed E-state index contributed by atoms with van der Waals surface area (Å²) in [4.78, 5) is 28.4. The zero-order chi connectivity index (χ0) is 23.1. The highest BCUT2D eigenvalue weighted by Crippen LogP contribution is 2.40. The Bertz CT molecular complexity index is 811. The van der Waals surface area contributed by atoms with Gasteiger partial charge in [0.1, 0.15) is 12.4 Å². The third-order valence-corrected chi connectivity index (χ3v) is 3.39. The minimum Gasteiger partial charge on any atom is -0.496 e. The quantitative estimate of drug-likeness (QED) is 0.494. The number of ether oxygens (including phenoxy) is 5. The van der Waals surface area contributed by atoms with Crippen LogP contribution in [-0.4, -0.2) is 64.8 Å². The molecule has 0 radical (unpaired) electrons. The van der Waals surface area contributed by atoms with Crippen molar-refractivity contribution in [2.24, 2.45) is 0 Å². The van der Waals surface area contributed by atoms with Gasteiger partial charge >= 0.3 is 11.6 Å². The number of carbonyl (C=O) groups is 1. The van der Waals surface area contributed by atoms with Crippen molar-refractivity contribution in [1.82, 2.24) is 4.98 Å². The number of esters is 1. The van der Waals surface area contributed by atoms with Crippen molar-refractivity contribution in [1.29, 1.82) is 0 Å². The minimum atomic E-state index is -0.855. The fourth-order valence-corrected chi connectivity index (χ4v) is 2.23. The molecule has 0 aliphatic rings. The summed E-state index contributed by atoms with van der Waals surface area (Å²) >= 11 is 0. The lowest BCUT2D eigenvalue weighted by atomic mass is 10.1. The van der Waals surface area contributed by atoms with Crippen LogP contribution in [0.5, 0.6) is 17.4 Å². The standard InChI is InChI=1S/C17H19NO8.C2H6.CH4O/c1-21-7-8-25-14-10(9-12(16(19)24-4)26-17(14)20)13-11(22-2)5-6-18-15(13)23-3;2*1-2/h5-6,9H,7-8H2,1-4H3;1-2H3;2H,1H3. The van der Waals surface area contributed by atoms with Gasteiger partial charge in [0.25, 0.3) is 0 Å². The molecule has 2 aromatic rings. The summed E-state index contributed by atoms with van der Waals surface area (Å²) in [6.07, 6.45) is 1.49. The molecule has 1 N–H and O–H groups in total. The lowest BCUT2D eigenvalue weighted by Crippen LogP contribution is -2.15. The lowest BCUT2D eigenvalue weighted by molar-refractivity contribution is 0.0558. The van der Waals surface area contributed by atoms with Gasteiger partial charge < -0.3 is 33.2 Å². The van der Waals surface area contributed by atoms with Crippen LogP contribution in [-0.2, 0) is 9.47 Å². The fraction of sp³-hybridized carbons (Fsp3) is 0.450. The van der Waals surface area contributed by atoms with Crippen LogP contribution in [0.3, 0.4) is 0 Å². The summed E-state index contributed by atoms with van der Waals surface area (Å²) < 4.78 is 30.7. The fourth-order valence-electron chi connectivity index (χ4n) is 2.23. The van der Waals surface area contributed by atoms with Crippen LogP contribution < -0.4 is 19.8 Å². The third kappa shape index (κ3) is 6.75. The van der Waals surface area contributed by atoms with Gasteiger partial charge in [-0.15, -0.1) is 0 Å². The van der Waals surface area contributed by atoms with E-state index in [9.17, 15) is 9.59 Å². The Morgan fingerprint density at radius 1 is 1.10 bits per heavy atom. The first-order valence-electron chi connectivity index (χ1n) is 8.97. The SMILES string of the molecule is CC.CO.COCCOc1c(-c2c(OC)ccnc2OC)cc(C(=O)OC)oc1=O. The van der Waals surface area contributed by atoms with Gasteiger partial charge in [0.05, 0.1) is 33.5 Å². The van der Waals surface area contributed by atoms with E-state index in [0.29, 0.717) is 11.3 Å². The highest BCUT2D eigenvalue weighted by atomic mass is 16.5. The molecular weight excluding hydrogens is 398 g/mol. The summed E-state index contributed by atoms with van der Waals surface area (Å²) in [6, 6.07) is 2.90. The Hall–Kier alpha value is -3.11. The summed E-state index contributed by atoms with van der Waals surface area (Å²) in [6.45, 7) is 4.34. The predicted octanol–water partition coefficient (Wildman–Crippen LogP) is 2.17. The maximum absolute atomic E-state index is 12.4. The molecule has 0 saturated carbocycles. The number of aliphatic hydroxyl groups is 1. The first kappa shape index (κ1) is 26.9. The van der Waals surface area contributed by atoms with Gasteiger partial charge in [0.15, 0.2) is 0 Å². The highest BCUT2D eigenvalue weighted by Gasteiger charge is 2.24. The highest BCUT2D eigenvalue weighted by molar-refractivity contribution is 5.89.